The molecule has 1 atom stereocenters. The lowest BCUT2D eigenvalue weighted by Crippen LogP contribution is -2.48. The van der Waals surface area contributed by atoms with E-state index in [4.69, 9.17) is 5.73 Å². The van der Waals surface area contributed by atoms with E-state index in [2.05, 4.69) is 37.3 Å². The summed E-state index contributed by atoms with van der Waals surface area (Å²) in [5.74, 6) is 0.390. The summed E-state index contributed by atoms with van der Waals surface area (Å²) in [4.78, 5) is 26.8. The number of amides is 2. The molecule has 1 saturated carbocycles. The van der Waals surface area contributed by atoms with Gasteiger partial charge in [0.15, 0.2) is 0 Å². The first kappa shape index (κ1) is 28.6. The van der Waals surface area contributed by atoms with Crippen LogP contribution in [0.5, 0.6) is 0 Å². The number of aromatic nitrogens is 4. The molecule has 0 bridgehead atoms. The molecule has 5 N–H and O–H groups in total. The highest BCUT2D eigenvalue weighted by molar-refractivity contribution is 5.97. The summed E-state index contributed by atoms with van der Waals surface area (Å²) < 4.78 is 0. The lowest BCUT2D eigenvalue weighted by atomic mass is 9.81. The number of benzene rings is 3. The van der Waals surface area contributed by atoms with Crippen molar-refractivity contribution in [1.82, 2.24) is 25.9 Å². The fourth-order valence-corrected chi connectivity index (χ4v) is 5.43. The third-order valence-electron chi connectivity index (χ3n) is 8.01. The zero-order valence-electron chi connectivity index (χ0n) is 23.5. The number of nitrogens with one attached hydrogen (secondary N) is 3. The molecular formula is C32H34N8O2. The van der Waals surface area contributed by atoms with Gasteiger partial charge in [0.25, 0.3) is 0 Å². The summed E-state index contributed by atoms with van der Waals surface area (Å²) in [6.07, 6.45) is 3.72. The molecule has 0 saturated heterocycles. The van der Waals surface area contributed by atoms with Crippen molar-refractivity contribution >= 4 is 17.5 Å². The monoisotopic (exact) mass is 562 g/mol. The van der Waals surface area contributed by atoms with Gasteiger partial charge >= 0.3 is 0 Å². The number of carbonyl (C=O) groups excluding carboxylic acids is 2. The topological polar surface area (TPSA) is 162 Å². The average Bonchev–Trinajstić information content (AvgIpc) is 3.57. The normalized spacial score (nSPS) is 17.2. The number of nitrogens with zero attached hydrogens (tertiary/aromatic N) is 4. The van der Waals surface area contributed by atoms with Crippen LogP contribution < -0.4 is 16.4 Å². The summed E-state index contributed by atoms with van der Waals surface area (Å²) >= 11 is 0. The maximum Gasteiger partial charge on any atom is 0.247 e. The second kappa shape index (κ2) is 13.2. The summed E-state index contributed by atoms with van der Waals surface area (Å²) in [5, 5.41) is 29.3. The second-order valence-electron chi connectivity index (χ2n) is 10.9. The zero-order chi connectivity index (χ0) is 29.5. The molecule has 1 aliphatic rings. The summed E-state index contributed by atoms with van der Waals surface area (Å²) in [7, 11) is 0. The van der Waals surface area contributed by atoms with E-state index >= 15 is 0 Å². The van der Waals surface area contributed by atoms with Crippen molar-refractivity contribution in [2.24, 2.45) is 17.6 Å². The minimum atomic E-state index is -0.767. The Kier molecular flexibility index (Phi) is 8.99. The zero-order valence-corrected chi connectivity index (χ0v) is 23.5. The van der Waals surface area contributed by atoms with E-state index in [1.54, 1.807) is 30.3 Å². The highest BCUT2D eigenvalue weighted by atomic mass is 16.2. The standard InChI is InChI=1S/C32H34N8O2/c1-20-2-3-23(19-34)16-28(20)24-8-4-21(5-9-24)17-29(36-31(41)26-10-6-22(18-33)7-11-26)32(42)35-27-14-12-25(13-15-27)30-37-39-40-38-30/h2-5,8-9,12-16,22,26,29H,6-7,10-11,17-18,33H2,1H3,(H,35,42)(H,36,41)(H,37,38,39,40)/t22?,26?,29-/m0/s1. The van der Waals surface area contributed by atoms with Gasteiger partial charge in [-0.2, -0.15) is 10.5 Å². The lowest BCUT2D eigenvalue weighted by molar-refractivity contribution is -0.130. The molecule has 1 aromatic heterocycles. The number of aromatic amines is 1. The van der Waals surface area contributed by atoms with Crippen molar-refractivity contribution in [3.05, 3.63) is 83.4 Å². The minimum Gasteiger partial charge on any atom is -0.344 e. The number of carbonyl (C=O) groups is 2. The largest absolute Gasteiger partial charge is 0.344 e. The molecule has 0 unspecified atom stereocenters. The molecule has 10 nitrogen and oxygen atoms in total. The van der Waals surface area contributed by atoms with Crippen molar-refractivity contribution < 1.29 is 9.59 Å². The molecule has 5 rings (SSSR count). The number of rotatable bonds is 9. The molecule has 42 heavy (non-hydrogen) atoms. The van der Waals surface area contributed by atoms with Gasteiger partial charge in [-0.25, -0.2) is 0 Å². The molecule has 1 fully saturated rings. The summed E-state index contributed by atoms with van der Waals surface area (Å²) in [6.45, 7) is 2.65. The minimum absolute atomic E-state index is 0.0985. The molecule has 0 aliphatic heterocycles. The molecule has 2 amide bonds. The van der Waals surface area contributed by atoms with E-state index in [0.717, 1.165) is 53.5 Å². The van der Waals surface area contributed by atoms with Crippen LogP contribution in [0.15, 0.2) is 66.7 Å². The van der Waals surface area contributed by atoms with Gasteiger partial charge in [0.1, 0.15) is 6.04 Å². The SMILES string of the molecule is Cc1ccc(C#N)cc1-c1ccc(C[C@H](NC(=O)C2CCC(CN)CC2)C(=O)Nc2ccc(-c3nn[nH]n3)cc2)cc1. The van der Waals surface area contributed by atoms with Crippen molar-refractivity contribution in [2.75, 3.05) is 11.9 Å². The van der Waals surface area contributed by atoms with Gasteiger partial charge in [0, 0.05) is 23.6 Å². The van der Waals surface area contributed by atoms with Crippen molar-refractivity contribution in [3.8, 4) is 28.6 Å². The Hall–Kier alpha value is -4.88. The van der Waals surface area contributed by atoms with Gasteiger partial charge in [0.05, 0.1) is 11.6 Å². The van der Waals surface area contributed by atoms with E-state index in [1.807, 2.05) is 43.3 Å². The smallest absolute Gasteiger partial charge is 0.247 e. The summed E-state index contributed by atoms with van der Waals surface area (Å²) in [5.41, 5.74) is 11.7. The Balaban J connectivity index is 1.32. The molecule has 10 heteroatoms. The van der Waals surface area contributed by atoms with Crippen LogP contribution in [0.4, 0.5) is 5.69 Å². The number of tetrazole rings is 1. The van der Waals surface area contributed by atoms with E-state index in [1.165, 1.54) is 0 Å². The first-order valence-corrected chi connectivity index (χ1v) is 14.2. The first-order chi connectivity index (χ1) is 20.4. The number of hydrogen-bond acceptors (Lipinski definition) is 7. The van der Waals surface area contributed by atoms with E-state index in [0.29, 0.717) is 36.0 Å². The van der Waals surface area contributed by atoms with E-state index in [9.17, 15) is 14.9 Å². The Morgan fingerprint density at radius 3 is 2.38 bits per heavy atom. The number of anilines is 1. The van der Waals surface area contributed by atoms with E-state index < -0.39 is 6.04 Å². The van der Waals surface area contributed by atoms with Gasteiger partial charge in [-0.1, -0.05) is 30.3 Å². The molecule has 214 valence electrons. The predicted octanol–water partition coefficient (Wildman–Crippen LogP) is 4.14. The van der Waals surface area contributed by atoms with Gasteiger partial charge in [-0.15, -0.1) is 10.2 Å². The van der Waals surface area contributed by atoms with Gasteiger partial charge in [-0.3, -0.25) is 9.59 Å². The molecule has 0 spiro atoms. The van der Waals surface area contributed by atoms with Crippen LogP contribution in [0, 0.1) is 30.1 Å². The molecule has 1 aliphatic carbocycles. The fourth-order valence-electron chi connectivity index (χ4n) is 5.43. The second-order valence-corrected chi connectivity index (χ2v) is 10.9. The van der Waals surface area contributed by atoms with Crippen LogP contribution >= 0.6 is 0 Å². The Bertz CT molecular complexity index is 1550. The van der Waals surface area contributed by atoms with Crippen LogP contribution in [0.25, 0.3) is 22.5 Å². The van der Waals surface area contributed by atoms with Gasteiger partial charge in [-0.05, 0) is 109 Å². The van der Waals surface area contributed by atoms with Crippen LogP contribution in [0.3, 0.4) is 0 Å². The Morgan fingerprint density at radius 1 is 1.02 bits per heavy atom. The van der Waals surface area contributed by atoms with Crippen LogP contribution in [-0.2, 0) is 16.0 Å². The third kappa shape index (κ3) is 6.87. The Morgan fingerprint density at radius 2 is 1.74 bits per heavy atom. The van der Waals surface area contributed by atoms with Crippen molar-refractivity contribution in [2.45, 2.75) is 45.1 Å². The average molecular weight is 563 g/mol. The van der Waals surface area contributed by atoms with Gasteiger partial charge < -0.3 is 16.4 Å². The lowest BCUT2D eigenvalue weighted by Gasteiger charge is -2.28. The van der Waals surface area contributed by atoms with Gasteiger partial charge in [0.2, 0.25) is 17.6 Å². The Labute approximate surface area is 244 Å². The highest BCUT2D eigenvalue weighted by Gasteiger charge is 2.29. The molecule has 3 aromatic carbocycles. The van der Waals surface area contributed by atoms with Crippen LogP contribution in [0.1, 0.15) is 42.4 Å². The maximum absolute atomic E-state index is 13.5. The maximum atomic E-state index is 13.5. The number of hydrogen-bond donors (Lipinski definition) is 4. The fraction of sp³-hybridized carbons (Fsp3) is 0.312. The molecule has 0 radical (unpaired) electrons. The van der Waals surface area contributed by atoms with Crippen molar-refractivity contribution in [3.63, 3.8) is 0 Å². The molecular weight excluding hydrogens is 528 g/mol. The number of aryl methyl sites for hydroxylation is 1. The van der Waals surface area contributed by atoms with Crippen LogP contribution in [0.2, 0.25) is 0 Å². The number of H-pyrrole nitrogens is 1. The molecule has 4 aromatic rings. The first-order valence-electron chi connectivity index (χ1n) is 14.2. The highest BCUT2D eigenvalue weighted by Crippen LogP contribution is 2.29. The number of nitriles is 1. The predicted molar refractivity (Wildman–Crippen MR) is 160 cm³/mol. The molecule has 1 heterocycles. The quantitative estimate of drug-likeness (QED) is 0.238. The summed E-state index contributed by atoms with van der Waals surface area (Å²) in [6, 6.07) is 22.1. The van der Waals surface area contributed by atoms with E-state index in [-0.39, 0.29) is 17.7 Å². The third-order valence-corrected chi connectivity index (χ3v) is 8.01. The number of nitrogens with two attached hydrogens (primary N) is 1. The van der Waals surface area contributed by atoms with Crippen molar-refractivity contribution in [1.29, 1.82) is 5.26 Å². The van der Waals surface area contributed by atoms with Crippen LogP contribution in [-0.4, -0.2) is 45.0 Å².